The van der Waals surface area contributed by atoms with Crippen LogP contribution in [0.2, 0.25) is 5.02 Å². The normalized spacial score (nSPS) is 13.4. The van der Waals surface area contributed by atoms with Gasteiger partial charge in [-0.25, -0.2) is 0 Å². The van der Waals surface area contributed by atoms with E-state index in [0.717, 1.165) is 22.8 Å². The van der Waals surface area contributed by atoms with Crippen molar-refractivity contribution in [3.63, 3.8) is 0 Å². The molecule has 4 aromatic carbocycles. The lowest BCUT2D eigenvalue weighted by atomic mass is 9.90. The van der Waals surface area contributed by atoms with Gasteiger partial charge in [0.15, 0.2) is 0 Å². The molecule has 5 rings (SSSR count). The van der Waals surface area contributed by atoms with E-state index in [4.69, 9.17) is 21.1 Å². The Morgan fingerprint density at radius 3 is 2.17 bits per heavy atom. The fourth-order valence-electron chi connectivity index (χ4n) is 5.75. The summed E-state index contributed by atoms with van der Waals surface area (Å²) in [5.74, 6) is 0.732. The molecule has 0 saturated carbocycles. The average molecular weight is 688 g/mol. The van der Waals surface area contributed by atoms with Crippen LogP contribution in [0, 0.1) is 0 Å². The number of alkyl halides is 3. The Morgan fingerprint density at radius 1 is 0.894 bits per heavy atom. The van der Waals surface area contributed by atoms with Crippen LogP contribution >= 0.6 is 24.0 Å². The van der Waals surface area contributed by atoms with Gasteiger partial charge in [-0.1, -0.05) is 96.5 Å². The van der Waals surface area contributed by atoms with Crippen molar-refractivity contribution in [2.24, 2.45) is 0 Å². The maximum absolute atomic E-state index is 13.7. The van der Waals surface area contributed by atoms with Gasteiger partial charge in [-0.15, -0.1) is 12.4 Å². The van der Waals surface area contributed by atoms with Crippen LogP contribution in [0.15, 0.2) is 103 Å². The minimum absolute atomic E-state index is 0. The van der Waals surface area contributed by atoms with E-state index in [-0.39, 0.29) is 35.8 Å². The molecule has 4 aromatic rings. The number of ether oxygens (including phenoxy) is 2. The predicted molar refractivity (Wildman–Crippen MR) is 181 cm³/mol. The van der Waals surface area contributed by atoms with Crippen molar-refractivity contribution in [3.05, 3.63) is 136 Å². The summed E-state index contributed by atoms with van der Waals surface area (Å²) in [6, 6.07) is 31.9. The molecule has 1 saturated heterocycles. The molecule has 0 N–H and O–H groups in total. The van der Waals surface area contributed by atoms with Crippen molar-refractivity contribution in [3.8, 4) is 5.75 Å². The number of hydrogen-bond acceptors (Lipinski definition) is 4. The van der Waals surface area contributed by atoms with Crippen molar-refractivity contribution >= 4 is 29.9 Å². The first-order chi connectivity index (χ1) is 22.3. The van der Waals surface area contributed by atoms with Gasteiger partial charge in [0.2, 0.25) is 5.91 Å². The molecule has 0 atom stereocenters. The summed E-state index contributed by atoms with van der Waals surface area (Å²) in [4.78, 5) is 16.7. The number of carbonyl (C=O) groups excluding carboxylic acids is 1. The van der Waals surface area contributed by atoms with E-state index in [2.05, 4.69) is 29.2 Å². The molecule has 1 aliphatic rings. The lowest BCUT2D eigenvalue weighted by Gasteiger charge is -2.29. The molecule has 1 amide bonds. The Labute approximate surface area is 285 Å². The Bertz CT molecular complexity index is 1510. The number of carbonyl (C=O) groups is 1. The van der Waals surface area contributed by atoms with E-state index in [1.165, 1.54) is 6.07 Å². The molecule has 250 valence electrons. The third kappa shape index (κ3) is 10.5. The van der Waals surface area contributed by atoms with Crippen LogP contribution in [0.5, 0.6) is 5.75 Å². The number of hydrogen-bond donors (Lipinski definition) is 0. The molecule has 0 bridgehead atoms. The zero-order valence-corrected chi connectivity index (χ0v) is 27.6. The number of rotatable bonds is 13. The van der Waals surface area contributed by atoms with E-state index < -0.39 is 11.7 Å². The van der Waals surface area contributed by atoms with Crippen LogP contribution in [0.1, 0.15) is 40.2 Å². The number of morpholine rings is 1. The third-order valence-electron chi connectivity index (χ3n) is 8.13. The second-order valence-electron chi connectivity index (χ2n) is 11.4. The molecular formula is C37H39Cl2F3N2O3. The molecule has 1 heterocycles. The molecular weight excluding hydrogens is 648 g/mol. The van der Waals surface area contributed by atoms with Crippen LogP contribution in [-0.4, -0.2) is 61.7 Å². The van der Waals surface area contributed by atoms with Crippen molar-refractivity contribution in [1.82, 2.24) is 9.80 Å². The van der Waals surface area contributed by atoms with E-state index in [0.29, 0.717) is 70.2 Å². The van der Waals surface area contributed by atoms with Gasteiger partial charge < -0.3 is 14.4 Å². The summed E-state index contributed by atoms with van der Waals surface area (Å²) < 4.78 is 52.5. The van der Waals surface area contributed by atoms with Crippen LogP contribution in [0.4, 0.5) is 13.2 Å². The third-order valence-corrected chi connectivity index (χ3v) is 8.57. The average Bonchev–Trinajstić information content (AvgIpc) is 3.07. The number of nitrogens with zero attached hydrogens (tertiary/aromatic N) is 2. The Kier molecular flexibility index (Phi) is 13.5. The largest absolute Gasteiger partial charge is 0.494 e. The highest BCUT2D eigenvalue weighted by Crippen LogP contribution is 2.37. The van der Waals surface area contributed by atoms with Gasteiger partial charge in [0, 0.05) is 38.6 Å². The minimum Gasteiger partial charge on any atom is -0.494 e. The van der Waals surface area contributed by atoms with Gasteiger partial charge in [-0.2, -0.15) is 13.2 Å². The van der Waals surface area contributed by atoms with Crippen LogP contribution in [-0.2, 0) is 28.7 Å². The predicted octanol–water partition coefficient (Wildman–Crippen LogP) is 8.29. The molecule has 0 aromatic heterocycles. The van der Waals surface area contributed by atoms with E-state index in [1.54, 1.807) is 6.07 Å². The maximum Gasteiger partial charge on any atom is 0.417 e. The molecule has 0 unspecified atom stereocenters. The highest BCUT2D eigenvalue weighted by Gasteiger charge is 2.34. The van der Waals surface area contributed by atoms with Gasteiger partial charge >= 0.3 is 6.18 Å². The summed E-state index contributed by atoms with van der Waals surface area (Å²) in [6.07, 6.45) is -3.61. The van der Waals surface area contributed by atoms with Crippen molar-refractivity contribution in [2.75, 3.05) is 46.0 Å². The smallest absolute Gasteiger partial charge is 0.417 e. The molecule has 10 heteroatoms. The first-order valence-corrected chi connectivity index (χ1v) is 15.9. The SMILES string of the molecule is Cl.O=C(Cc1cccc(OCCCN(Cc2cccc(C(F)(F)F)c2Cl)CC(c2ccccc2)c2ccccc2)c1)N1CCOCC1. The van der Waals surface area contributed by atoms with Crippen LogP contribution < -0.4 is 4.74 Å². The Balaban J connectivity index is 0.00000500. The quantitative estimate of drug-likeness (QED) is 0.133. The fraction of sp³-hybridized carbons (Fsp3) is 0.324. The van der Waals surface area contributed by atoms with Crippen molar-refractivity contribution in [1.29, 1.82) is 0 Å². The second-order valence-corrected chi connectivity index (χ2v) is 11.8. The summed E-state index contributed by atoms with van der Waals surface area (Å²) in [7, 11) is 0. The van der Waals surface area contributed by atoms with Gasteiger partial charge in [0.25, 0.3) is 0 Å². The van der Waals surface area contributed by atoms with Crippen LogP contribution in [0.3, 0.4) is 0 Å². The van der Waals surface area contributed by atoms with Gasteiger partial charge in [-0.3, -0.25) is 9.69 Å². The summed E-state index contributed by atoms with van der Waals surface area (Å²) in [5.41, 5.74) is 2.71. The van der Waals surface area contributed by atoms with Crippen LogP contribution in [0.25, 0.3) is 0 Å². The molecule has 47 heavy (non-hydrogen) atoms. The van der Waals surface area contributed by atoms with Gasteiger partial charge in [-0.05, 0) is 46.9 Å². The highest BCUT2D eigenvalue weighted by atomic mass is 35.5. The molecule has 0 radical (unpaired) electrons. The summed E-state index contributed by atoms with van der Waals surface area (Å²) in [6.45, 7) is 4.11. The molecule has 0 spiro atoms. The summed E-state index contributed by atoms with van der Waals surface area (Å²) in [5, 5.41) is -0.268. The number of amides is 1. The lowest BCUT2D eigenvalue weighted by Crippen LogP contribution is -2.41. The van der Waals surface area contributed by atoms with Gasteiger partial charge in [0.05, 0.1) is 36.8 Å². The molecule has 1 aliphatic heterocycles. The Hall–Kier alpha value is -3.56. The molecule has 1 fully saturated rings. The minimum atomic E-state index is -4.54. The van der Waals surface area contributed by atoms with Crippen molar-refractivity contribution in [2.45, 2.75) is 31.5 Å². The topological polar surface area (TPSA) is 42.0 Å². The number of benzene rings is 4. The zero-order chi connectivity index (χ0) is 32.4. The van der Waals surface area contributed by atoms with E-state index in [9.17, 15) is 18.0 Å². The van der Waals surface area contributed by atoms with E-state index in [1.807, 2.05) is 65.6 Å². The standard InChI is InChI=1S/C37H38ClF3N2O3.ClH/c38-36-31(15-8-17-34(36)37(39,40)41)26-42(27-33(29-11-3-1-4-12-29)30-13-5-2-6-14-30)18-9-21-46-32-16-7-10-28(24-32)25-35(44)43-19-22-45-23-20-43;/h1-8,10-17,24,33H,9,18-23,25-27H2;1H. The first kappa shape index (κ1) is 36.3. The first-order valence-electron chi connectivity index (χ1n) is 15.5. The highest BCUT2D eigenvalue weighted by molar-refractivity contribution is 6.32. The summed E-state index contributed by atoms with van der Waals surface area (Å²) >= 11 is 6.35. The molecule has 0 aliphatic carbocycles. The number of halogens is 5. The second kappa shape index (κ2) is 17.6. The maximum atomic E-state index is 13.7. The Morgan fingerprint density at radius 2 is 1.53 bits per heavy atom. The van der Waals surface area contributed by atoms with Crippen molar-refractivity contribution < 1.29 is 27.4 Å². The monoisotopic (exact) mass is 686 g/mol. The lowest BCUT2D eigenvalue weighted by molar-refractivity contribution is -0.137. The fourth-order valence-corrected chi connectivity index (χ4v) is 6.04. The molecule has 5 nitrogen and oxygen atoms in total. The van der Waals surface area contributed by atoms with E-state index >= 15 is 0 Å². The zero-order valence-electron chi connectivity index (χ0n) is 26.0. The van der Waals surface area contributed by atoms with Gasteiger partial charge in [0.1, 0.15) is 5.75 Å².